The Morgan fingerprint density at radius 2 is 2.18 bits per heavy atom. The van der Waals surface area contributed by atoms with Gasteiger partial charge in [0.2, 0.25) is 15.9 Å². The summed E-state index contributed by atoms with van der Waals surface area (Å²) < 4.78 is 29.8. The molecular formula is C11H19N5O5S. The number of sulfonamides is 1. The fourth-order valence-electron chi connectivity index (χ4n) is 2.26. The number of aliphatic hydroxyl groups is 1. The Balaban J connectivity index is 1.97. The summed E-state index contributed by atoms with van der Waals surface area (Å²) in [6.07, 6.45) is -0.756. The Morgan fingerprint density at radius 1 is 1.50 bits per heavy atom. The normalized spacial score (nSPS) is 23.3. The van der Waals surface area contributed by atoms with Gasteiger partial charge in [-0.1, -0.05) is 5.16 Å². The predicted octanol–water partition coefficient (Wildman–Crippen LogP) is -2.15. The second kappa shape index (κ2) is 6.28. The maximum Gasteiger partial charge on any atom is 0.290 e. The molecule has 124 valence electrons. The Kier molecular flexibility index (Phi) is 4.80. The van der Waals surface area contributed by atoms with Crippen LogP contribution in [0.3, 0.4) is 0 Å². The lowest BCUT2D eigenvalue weighted by Crippen LogP contribution is -2.33. The third-order valence-electron chi connectivity index (χ3n) is 3.51. The topological polar surface area (TPSA) is 143 Å². The number of carbonyl (C=O) groups excluding carboxylic acids is 1. The first-order valence-electron chi connectivity index (χ1n) is 6.62. The third kappa shape index (κ3) is 3.80. The summed E-state index contributed by atoms with van der Waals surface area (Å²) in [5, 5.41) is 13.4. The van der Waals surface area contributed by atoms with Crippen molar-refractivity contribution in [1.29, 1.82) is 0 Å². The van der Waals surface area contributed by atoms with Crippen molar-refractivity contribution >= 4 is 15.9 Å². The molecule has 1 aromatic heterocycles. The van der Waals surface area contributed by atoms with Gasteiger partial charge in [-0.05, 0) is 0 Å². The first-order valence-corrected chi connectivity index (χ1v) is 8.23. The number of hydrogen-bond donors (Lipinski definition) is 2. The molecule has 1 aromatic rings. The van der Waals surface area contributed by atoms with Gasteiger partial charge in [-0.15, -0.1) is 0 Å². The van der Waals surface area contributed by atoms with Crippen molar-refractivity contribution in [2.24, 2.45) is 11.7 Å². The molecule has 1 fully saturated rings. The number of nitrogens with zero attached hydrogens (tertiary/aromatic N) is 4. The number of amides is 1. The molecule has 1 aliphatic rings. The van der Waals surface area contributed by atoms with Crippen LogP contribution >= 0.6 is 0 Å². The zero-order valence-electron chi connectivity index (χ0n) is 12.3. The fourth-order valence-corrected chi connectivity index (χ4v) is 3.43. The quantitative estimate of drug-likeness (QED) is 0.600. The van der Waals surface area contributed by atoms with Gasteiger partial charge in [0.05, 0.1) is 18.4 Å². The third-order valence-corrected chi connectivity index (χ3v) is 5.47. The Hall–Kier alpha value is -1.56. The van der Waals surface area contributed by atoms with Gasteiger partial charge < -0.3 is 15.4 Å². The van der Waals surface area contributed by atoms with Gasteiger partial charge in [0.15, 0.2) is 0 Å². The Labute approximate surface area is 127 Å². The lowest BCUT2D eigenvalue weighted by Gasteiger charge is -2.17. The van der Waals surface area contributed by atoms with Crippen molar-refractivity contribution < 1.29 is 22.8 Å². The highest BCUT2D eigenvalue weighted by atomic mass is 32.2. The van der Waals surface area contributed by atoms with Crippen molar-refractivity contribution in [2.45, 2.75) is 12.6 Å². The van der Waals surface area contributed by atoms with Crippen LogP contribution in [0, 0.1) is 5.92 Å². The van der Waals surface area contributed by atoms with Crippen molar-refractivity contribution in [3.8, 4) is 0 Å². The van der Waals surface area contributed by atoms with E-state index in [9.17, 15) is 18.3 Å². The monoisotopic (exact) mass is 333 g/mol. The summed E-state index contributed by atoms with van der Waals surface area (Å²) in [6.45, 7) is 0.889. The number of aliphatic hydroxyl groups excluding tert-OH is 1. The summed E-state index contributed by atoms with van der Waals surface area (Å²) in [5.74, 6) is -1.33. The van der Waals surface area contributed by atoms with Crippen molar-refractivity contribution in [3.63, 3.8) is 0 Å². The largest absolute Gasteiger partial charge is 0.391 e. The number of nitrogens with two attached hydrogens (primary N) is 1. The molecule has 1 amide bonds. The number of β-amino-alcohol motifs (C(OH)–C–C–N with tert-alkyl or cyclic N) is 1. The van der Waals surface area contributed by atoms with Crippen molar-refractivity contribution in [1.82, 2.24) is 19.3 Å². The van der Waals surface area contributed by atoms with Crippen LogP contribution in [0.4, 0.5) is 0 Å². The Morgan fingerprint density at radius 3 is 2.73 bits per heavy atom. The molecule has 2 heterocycles. The summed E-state index contributed by atoms with van der Waals surface area (Å²) in [6, 6.07) is 0. The van der Waals surface area contributed by atoms with Crippen LogP contribution < -0.4 is 5.73 Å². The highest BCUT2D eigenvalue weighted by Crippen LogP contribution is 2.21. The molecule has 10 nitrogen and oxygen atoms in total. The van der Waals surface area contributed by atoms with Gasteiger partial charge in [0.1, 0.15) is 0 Å². The minimum Gasteiger partial charge on any atom is -0.391 e. The van der Waals surface area contributed by atoms with E-state index in [0.717, 1.165) is 4.31 Å². The SMILES string of the molecule is CN(C)S(=O)(=O)C[C@@H]1CN(Cc2nc(C(N)=O)no2)C[C@H]1O. The average molecular weight is 333 g/mol. The molecule has 0 spiro atoms. The summed E-state index contributed by atoms with van der Waals surface area (Å²) in [5.41, 5.74) is 5.03. The van der Waals surface area contributed by atoms with Crippen LogP contribution in [0.15, 0.2) is 4.52 Å². The molecule has 2 rings (SSSR count). The molecule has 0 radical (unpaired) electrons. The highest BCUT2D eigenvalue weighted by Gasteiger charge is 2.35. The minimum absolute atomic E-state index is 0.131. The smallest absolute Gasteiger partial charge is 0.290 e. The number of hydrogen-bond acceptors (Lipinski definition) is 8. The molecule has 0 bridgehead atoms. The standard InChI is InChI=1S/C11H19N5O5S/c1-15(2)22(19,20)6-7-3-16(4-8(7)17)5-9-13-11(10(12)18)14-21-9/h7-8,17H,3-6H2,1-2H3,(H2,12,18)/t7-,8+/m0/s1. The van der Waals surface area contributed by atoms with E-state index in [0.29, 0.717) is 13.1 Å². The van der Waals surface area contributed by atoms with E-state index in [-0.39, 0.29) is 24.0 Å². The second-order valence-corrected chi connectivity index (χ2v) is 7.69. The van der Waals surface area contributed by atoms with E-state index in [4.69, 9.17) is 10.3 Å². The van der Waals surface area contributed by atoms with Crippen LogP contribution in [0.1, 0.15) is 16.5 Å². The van der Waals surface area contributed by atoms with E-state index in [2.05, 4.69) is 10.1 Å². The second-order valence-electron chi connectivity index (χ2n) is 5.46. The van der Waals surface area contributed by atoms with E-state index < -0.39 is 28.0 Å². The van der Waals surface area contributed by atoms with Gasteiger partial charge in [-0.25, -0.2) is 12.7 Å². The van der Waals surface area contributed by atoms with Gasteiger partial charge in [-0.3, -0.25) is 9.69 Å². The van der Waals surface area contributed by atoms with E-state index in [1.165, 1.54) is 14.1 Å². The van der Waals surface area contributed by atoms with Crippen LogP contribution in [0.2, 0.25) is 0 Å². The molecular weight excluding hydrogens is 314 g/mol. The molecule has 0 unspecified atom stereocenters. The highest BCUT2D eigenvalue weighted by molar-refractivity contribution is 7.89. The van der Waals surface area contributed by atoms with Crippen LogP contribution in [0.5, 0.6) is 0 Å². The van der Waals surface area contributed by atoms with Crippen LogP contribution in [0.25, 0.3) is 0 Å². The van der Waals surface area contributed by atoms with E-state index in [1.54, 1.807) is 4.90 Å². The van der Waals surface area contributed by atoms with Gasteiger partial charge in [0.25, 0.3) is 11.7 Å². The maximum absolute atomic E-state index is 11.9. The fraction of sp³-hybridized carbons (Fsp3) is 0.727. The summed E-state index contributed by atoms with van der Waals surface area (Å²) >= 11 is 0. The molecule has 1 aliphatic heterocycles. The summed E-state index contributed by atoms with van der Waals surface area (Å²) in [4.78, 5) is 16.5. The lowest BCUT2D eigenvalue weighted by atomic mass is 10.1. The van der Waals surface area contributed by atoms with E-state index in [1.807, 2.05) is 0 Å². The number of rotatable bonds is 6. The van der Waals surface area contributed by atoms with Crippen LogP contribution in [-0.2, 0) is 16.6 Å². The lowest BCUT2D eigenvalue weighted by molar-refractivity contribution is 0.0987. The number of carbonyl (C=O) groups is 1. The molecule has 0 aromatic carbocycles. The zero-order chi connectivity index (χ0) is 16.5. The van der Waals surface area contributed by atoms with Gasteiger partial charge >= 0.3 is 0 Å². The maximum atomic E-state index is 11.9. The first kappa shape index (κ1) is 16.8. The molecule has 0 aliphatic carbocycles. The zero-order valence-corrected chi connectivity index (χ0v) is 13.2. The van der Waals surface area contributed by atoms with Crippen LogP contribution in [-0.4, -0.2) is 77.8 Å². The Bertz CT molecular complexity index is 643. The van der Waals surface area contributed by atoms with Crippen molar-refractivity contribution in [2.75, 3.05) is 32.9 Å². The molecule has 1 saturated heterocycles. The van der Waals surface area contributed by atoms with E-state index >= 15 is 0 Å². The summed E-state index contributed by atoms with van der Waals surface area (Å²) in [7, 11) is -0.471. The molecule has 11 heteroatoms. The average Bonchev–Trinajstić information content (AvgIpc) is 2.97. The molecule has 22 heavy (non-hydrogen) atoms. The molecule has 0 saturated carbocycles. The molecule has 2 atom stereocenters. The number of aromatic nitrogens is 2. The van der Waals surface area contributed by atoms with Gasteiger partial charge in [-0.2, -0.15) is 4.98 Å². The minimum atomic E-state index is -3.38. The van der Waals surface area contributed by atoms with Gasteiger partial charge in [0, 0.05) is 33.1 Å². The molecule has 3 N–H and O–H groups in total. The predicted molar refractivity (Wildman–Crippen MR) is 75.1 cm³/mol. The van der Waals surface area contributed by atoms with Crippen molar-refractivity contribution in [3.05, 3.63) is 11.7 Å². The number of primary amides is 1. The number of likely N-dealkylation sites (tertiary alicyclic amines) is 1. The first-order chi connectivity index (χ1) is 10.2.